The number of nitrogens with zero attached hydrogens (tertiary/aromatic N) is 1. The SMILES string of the molecule is COc1ccc(Cl)cc1NC(=O)c1c[nH]c(=O)n(-c2ccccc2)c1=O. The minimum absolute atomic E-state index is 0.226. The average molecular weight is 372 g/mol. The molecule has 0 atom stereocenters. The van der Waals surface area contributed by atoms with Gasteiger partial charge in [0, 0.05) is 11.2 Å². The lowest BCUT2D eigenvalue weighted by atomic mass is 10.2. The van der Waals surface area contributed by atoms with Crippen LogP contribution in [-0.4, -0.2) is 22.6 Å². The van der Waals surface area contributed by atoms with Crippen molar-refractivity contribution in [3.05, 3.63) is 86.2 Å². The first-order valence-electron chi connectivity index (χ1n) is 7.56. The zero-order valence-electron chi connectivity index (χ0n) is 13.7. The molecule has 3 rings (SSSR count). The van der Waals surface area contributed by atoms with Crippen LogP contribution in [0, 0.1) is 0 Å². The molecule has 0 spiro atoms. The van der Waals surface area contributed by atoms with Crippen molar-refractivity contribution < 1.29 is 9.53 Å². The molecule has 1 aromatic heterocycles. The maximum atomic E-state index is 12.7. The number of hydrogen-bond acceptors (Lipinski definition) is 4. The Balaban J connectivity index is 2.03. The summed E-state index contributed by atoms with van der Waals surface area (Å²) in [7, 11) is 1.45. The Labute approximate surface area is 152 Å². The lowest BCUT2D eigenvalue weighted by Crippen LogP contribution is -2.38. The van der Waals surface area contributed by atoms with Gasteiger partial charge in [-0.1, -0.05) is 29.8 Å². The van der Waals surface area contributed by atoms with Crippen molar-refractivity contribution >= 4 is 23.2 Å². The van der Waals surface area contributed by atoms with E-state index in [9.17, 15) is 14.4 Å². The van der Waals surface area contributed by atoms with Crippen LogP contribution in [0.15, 0.2) is 64.3 Å². The van der Waals surface area contributed by atoms with Gasteiger partial charge in [-0.05, 0) is 30.3 Å². The van der Waals surface area contributed by atoms with E-state index in [1.54, 1.807) is 42.5 Å². The smallest absolute Gasteiger partial charge is 0.333 e. The summed E-state index contributed by atoms with van der Waals surface area (Å²) < 4.78 is 6.06. The number of methoxy groups -OCH3 is 1. The van der Waals surface area contributed by atoms with Crippen LogP contribution < -0.4 is 21.3 Å². The maximum absolute atomic E-state index is 12.7. The van der Waals surface area contributed by atoms with Gasteiger partial charge in [0.1, 0.15) is 11.3 Å². The van der Waals surface area contributed by atoms with Crippen LogP contribution in [0.4, 0.5) is 5.69 Å². The number of ether oxygens (including phenoxy) is 1. The zero-order valence-corrected chi connectivity index (χ0v) is 14.4. The monoisotopic (exact) mass is 371 g/mol. The number of H-pyrrole nitrogens is 1. The number of carbonyl (C=O) groups is 1. The Morgan fingerprint density at radius 2 is 1.88 bits per heavy atom. The molecular weight excluding hydrogens is 358 g/mol. The number of rotatable bonds is 4. The highest BCUT2D eigenvalue weighted by atomic mass is 35.5. The molecule has 0 fully saturated rings. The quantitative estimate of drug-likeness (QED) is 0.736. The summed E-state index contributed by atoms with van der Waals surface area (Å²) in [6, 6.07) is 13.0. The van der Waals surface area contributed by atoms with Crippen LogP contribution in [0.3, 0.4) is 0 Å². The number of aromatic nitrogens is 2. The molecule has 2 aromatic carbocycles. The average Bonchev–Trinajstić information content (AvgIpc) is 2.63. The summed E-state index contributed by atoms with van der Waals surface area (Å²) in [5.74, 6) is -0.313. The molecule has 3 aromatic rings. The molecule has 0 bridgehead atoms. The van der Waals surface area contributed by atoms with E-state index in [-0.39, 0.29) is 5.56 Å². The molecular formula is C18H14ClN3O4. The van der Waals surface area contributed by atoms with Gasteiger partial charge in [0.25, 0.3) is 11.5 Å². The summed E-state index contributed by atoms with van der Waals surface area (Å²) in [6.45, 7) is 0. The Morgan fingerprint density at radius 1 is 1.15 bits per heavy atom. The number of aromatic amines is 1. The van der Waals surface area contributed by atoms with Crippen LogP contribution in [0.25, 0.3) is 5.69 Å². The molecule has 0 radical (unpaired) electrons. The van der Waals surface area contributed by atoms with E-state index >= 15 is 0 Å². The number of halogens is 1. The summed E-state index contributed by atoms with van der Waals surface area (Å²) in [6.07, 6.45) is 1.08. The fraction of sp³-hybridized carbons (Fsp3) is 0.0556. The van der Waals surface area contributed by atoms with Gasteiger partial charge in [0.2, 0.25) is 0 Å². The second-order valence-electron chi connectivity index (χ2n) is 5.28. The van der Waals surface area contributed by atoms with Crippen LogP contribution >= 0.6 is 11.6 Å². The topological polar surface area (TPSA) is 93.2 Å². The highest BCUT2D eigenvalue weighted by Crippen LogP contribution is 2.27. The molecule has 1 amide bonds. The number of para-hydroxylation sites is 1. The summed E-state index contributed by atoms with van der Waals surface area (Å²) >= 11 is 5.94. The first-order valence-corrected chi connectivity index (χ1v) is 7.94. The van der Waals surface area contributed by atoms with E-state index in [1.165, 1.54) is 13.2 Å². The zero-order chi connectivity index (χ0) is 18.7. The van der Waals surface area contributed by atoms with Gasteiger partial charge in [-0.2, -0.15) is 0 Å². The van der Waals surface area contributed by atoms with E-state index in [4.69, 9.17) is 16.3 Å². The number of anilines is 1. The molecule has 132 valence electrons. The van der Waals surface area contributed by atoms with Gasteiger partial charge in [-0.25, -0.2) is 9.36 Å². The minimum atomic E-state index is -0.738. The second-order valence-corrected chi connectivity index (χ2v) is 5.72. The molecule has 7 nitrogen and oxygen atoms in total. The summed E-state index contributed by atoms with van der Waals surface area (Å²) in [5.41, 5.74) is -0.942. The predicted octanol–water partition coefficient (Wildman–Crippen LogP) is 2.44. The third-order valence-corrected chi connectivity index (χ3v) is 3.88. The number of carbonyl (C=O) groups excluding carboxylic acids is 1. The van der Waals surface area contributed by atoms with Gasteiger partial charge in [-0.15, -0.1) is 0 Å². The molecule has 1 heterocycles. The van der Waals surface area contributed by atoms with E-state index < -0.39 is 17.2 Å². The molecule has 0 aliphatic rings. The Morgan fingerprint density at radius 3 is 2.58 bits per heavy atom. The summed E-state index contributed by atoms with van der Waals surface area (Å²) in [5, 5.41) is 2.97. The highest BCUT2D eigenvalue weighted by molar-refractivity contribution is 6.31. The molecule has 0 unspecified atom stereocenters. The van der Waals surface area contributed by atoms with Crippen LogP contribution in [-0.2, 0) is 0 Å². The van der Waals surface area contributed by atoms with Crippen LogP contribution in [0.1, 0.15) is 10.4 Å². The van der Waals surface area contributed by atoms with Gasteiger partial charge in [-0.3, -0.25) is 9.59 Å². The first kappa shape index (κ1) is 17.5. The molecule has 0 saturated carbocycles. The van der Waals surface area contributed by atoms with Gasteiger partial charge >= 0.3 is 5.69 Å². The second kappa shape index (κ2) is 7.28. The van der Waals surface area contributed by atoms with Gasteiger partial charge in [0.05, 0.1) is 18.5 Å². The maximum Gasteiger partial charge on any atom is 0.333 e. The third kappa shape index (κ3) is 3.38. The normalized spacial score (nSPS) is 10.4. The number of amides is 1. The standard InChI is InChI=1S/C18H14ClN3O4/c1-26-15-8-7-11(19)9-14(15)21-16(23)13-10-20-18(25)22(17(13)24)12-5-3-2-4-6-12/h2-10H,1H3,(H,20,25)(H,21,23). The van der Waals surface area contributed by atoms with Crippen LogP contribution in [0.5, 0.6) is 5.75 Å². The van der Waals surface area contributed by atoms with Crippen molar-refractivity contribution in [2.75, 3.05) is 12.4 Å². The van der Waals surface area contributed by atoms with Gasteiger partial charge in [0.15, 0.2) is 0 Å². The highest BCUT2D eigenvalue weighted by Gasteiger charge is 2.17. The summed E-state index contributed by atoms with van der Waals surface area (Å²) in [4.78, 5) is 39.7. The van der Waals surface area contributed by atoms with Crippen molar-refractivity contribution in [2.45, 2.75) is 0 Å². The van der Waals surface area contributed by atoms with Gasteiger partial charge < -0.3 is 15.0 Å². The van der Waals surface area contributed by atoms with Crippen molar-refractivity contribution in [1.29, 1.82) is 0 Å². The molecule has 0 aliphatic heterocycles. The lowest BCUT2D eigenvalue weighted by Gasteiger charge is -2.11. The molecule has 0 saturated heterocycles. The Hall–Kier alpha value is -3.32. The van der Waals surface area contributed by atoms with Crippen LogP contribution in [0.2, 0.25) is 5.02 Å². The number of nitrogens with one attached hydrogen (secondary N) is 2. The Kier molecular flexibility index (Phi) is 4.90. The van der Waals surface area contributed by atoms with Crippen molar-refractivity contribution in [3.8, 4) is 11.4 Å². The molecule has 8 heteroatoms. The predicted molar refractivity (Wildman–Crippen MR) is 98.6 cm³/mol. The minimum Gasteiger partial charge on any atom is -0.495 e. The van der Waals surface area contributed by atoms with E-state index in [0.717, 1.165) is 10.8 Å². The van der Waals surface area contributed by atoms with Crippen molar-refractivity contribution in [2.24, 2.45) is 0 Å². The fourth-order valence-electron chi connectivity index (χ4n) is 2.41. The number of benzene rings is 2. The van der Waals surface area contributed by atoms with Crippen molar-refractivity contribution in [3.63, 3.8) is 0 Å². The molecule has 26 heavy (non-hydrogen) atoms. The number of hydrogen-bond donors (Lipinski definition) is 2. The lowest BCUT2D eigenvalue weighted by molar-refractivity contribution is 0.102. The van der Waals surface area contributed by atoms with E-state index in [0.29, 0.717) is 22.1 Å². The molecule has 0 aliphatic carbocycles. The first-order chi connectivity index (χ1) is 12.5. The largest absolute Gasteiger partial charge is 0.495 e. The Bertz CT molecular complexity index is 1070. The van der Waals surface area contributed by atoms with E-state index in [1.807, 2.05) is 0 Å². The van der Waals surface area contributed by atoms with Crippen molar-refractivity contribution in [1.82, 2.24) is 9.55 Å². The fourth-order valence-corrected chi connectivity index (χ4v) is 2.59. The van der Waals surface area contributed by atoms with E-state index in [2.05, 4.69) is 10.3 Å². The third-order valence-electron chi connectivity index (χ3n) is 3.65. The molecule has 2 N–H and O–H groups in total.